The molecule has 0 heterocycles. The fraction of sp³-hybridized carbons (Fsp3) is 0.385. The summed E-state index contributed by atoms with van der Waals surface area (Å²) in [6.07, 6.45) is 0.537. The van der Waals surface area contributed by atoms with E-state index < -0.39 is 5.97 Å². The summed E-state index contributed by atoms with van der Waals surface area (Å²) in [5, 5.41) is 0.500. The molecule has 1 aromatic carbocycles. The van der Waals surface area contributed by atoms with Crippen LogP contribution in [0.5, 0.6) is 5.75 Å². The number of benzene rings is 1. The number of ether oxygens (including phenoxy) is 1. The summed E-state index contributed by atoms with van der Waals surface area (Å²) >= 11 is 5.84. The fourth-order valence-electron chi connectivity index (χ4n) is 1.42. The van der Waals surface area contributed by atoms with Crippen LogP contribution in [0.25, 0.3) is 0 Å². The van der Waals surface area contributed by atoms with E-state index in [1.165, 1.54) is 6.92 Å². The Labute approximate surface area is 106 Å². The third kappa shape index (κ3) is 4.19. The van der Waals surface area contributed by atoms with Gasteiger partial charge in [0.15, 0.2) is 0 Å². The lowest BCUT2D eigenvalue weighted by Gasteiger charge is -2.12. The first-order chi connectivity index (χ1) is 7.90. The van der Waals surface area contributed by atoms with Crippen molar-refractivity contribution >= 4 is 23.4 Å². The van der Waals surface area contributed by atoms with Crippen molar-refractivity contribution in [2.24, 2.45) is 5.92 Å². The number of hydrogen-bond acceptors (Lipinski definition) is 3. The van der Waals surface area contributed by atoms with Gasteiger partial charge in [0.05, 0.1) is 0 Å². The van der Waals surface area contributed by atoms with E-state index in [0.29, 0.717) is 17.2 Å². The molecule has 0 aliphatic heterocycles. The molecule has 1 atom stereocenters. The lowest BCUT2D eigenvalue weighted by molar-refractivity contribution is -0.131. The molecule has 0 saturated carbocycles. The van der Waals surface area contributed by atoms with Crippen LogP contribution < -0.4 is 4.74 Å². The molecule has 0 aliphatic carbocycles. The molecule has 0 aliphatic rings. The Morgan fingerprint density at radius 1 is 1.35 bits per heavy atom. The lowest BCUT2D eigenvalue weighted by Crippen LogP contribution is -2.11. The highest BCUT2D eigenvalue weighted by molar-refractivity contribution is 6.30. The predicted molar refractivity (Wildman–Crippen MR) is 66.3 cm³/mol. The summed E-state index contributed by atoms with van der Waals surface area (Å²) in [6.45, 7) is 4.72. The molecule has 0 bridgehead atoms. The average molecular weight is 255 g/mol. The van der Waals surface area contributed by atoms with Gasteiger partial charge >= 0.3 is 5.97 Å². The molecule has 0 fully saturated rings. The van der Waals surface area contributed by atoms with E-state index in [9.17, 15) is 9.59 Å². The SMILES string of the molecule is CC(=O)Oc1cc(Cl)ccc1C[C@H](C)C(C)=O. The average Bonchev–Trinajstić information content (AvgIpc) is 2.20. The van der Waals surface area contributed by atoms with Crippen LogP contribution in [0.15, 0.2) is 18.2 Å². The largest absolute Gasteiger partial charge is 0.426 e. The Bertz CT molecular complexity index is 440. The van der Waals surface area contributed by atoms with Crippen LogP contribution >= 0.6 is 11.6 Å². The molecule has 3 nitrogen and oxygen atoms in total. The van der Waals surface area contributed by atoms with Gasteiger partial charge in [0.25, 0.3) is 0 Å². The van der Waals surface area contributed by atoms with Gasteiger partial charge in [-0.3, -0.25) is 9.59 Å². The Kier molecular flexibility index (Phi) is 4.70. The number of carbonyl (C=O) groups excluding carboxylic acids is 2. The van der Waals surface area contributed by atoms with Crippen molar-refractivity contribution < 1.29 is 14.3 Å². The van der Waals surface area contributed by atoms with Gasteiger partial charge < -0.3 is 4.74 Å². The molecule has 1 rings (SSSR count). The molecule has 0 aromatic heterocycles. The molecule has 0 amide bonds. The van der Waals surface area contributed by atoms with Crippen molar-refractivity contribution in [3.63, 3.8) is 0 Å². The molecule has 0 radical (unpaired) electrons. The van der Waals surface area contributed by atoms with Crippen molar-refractivity contribution in [3.8, 4) is 5.75 Å². The first-order valence-electron chi connectivity index (χ1n) is 5.37. The van der Waals surface area contributed by atoms with Gasteiger partial charge in [0.2, 0.25) is 0 Å². The molecular formula is C13H15ClO3. The fourth-order valence-corrected chi connectivity index (χ4v) is 1.58. The van der Waals surface area contributed by atoms with Crippen molar-refractivity contribution in [1.82, 2.24) is 0 Å². The first kappa shape index (κ1) is 13.7. The van der Waals surface area contributed by atoms with Crippen LogP contribution in [0.2, 0.25) is 5.02 Å². The first-order valence-corrected chi connectivity index (χ1v) is 5.75. The molecule has 0 N–H and O–H groups in total. The number of ketones is 1. The van der Waals surface area contributed by atoms with Crippen molar-refractivity contribution in [2.75, 3.05) is 0 Å². The predicted octanol–water partition coefficient (Wildman–Crippen LogP) is 3.03. The number of carbonyl (C=O) groups is 2. The zero-order valence-electron chi connectivity index (χ0n) is 10.1. The molecule has 0 spiro atoms. The Morgan fingerprint density at radius 2 is 2.00 bits per heavy atom. The van der Waals surface area contributed by atoms with Crippen LogP contribution in [0, 0.1) is 5.92 Å². The maximum atomic E-state index is 11.2. The number of hydrogen-bond donors (Lipinski definition) is 0. The van der Waals surface area contributed by atoms with Gasteiger partial charge in [-0.15, -0.1) is 0 Å². The Hall–Kier alpha value is -1.35. The Morgan fingerprint density at radius 3 is 2.53 bits per heavy atom. The van der Waals surface area contributed by atoms with E-state index >= 15 is 0 Å². The Balaban J connectivity index is 2.97. The van der Waals surface area contributed by atoms with Crippen LogP contribution in [-0.2, 0) is 16.0 Å². The highest BCUT2D eigenvalue weighted by Gasteiger charge is 2.13. The van der Waals surface area contributed by atoms with Gasteiger partial charge in [-0.2, -0.15) is 0 Å². The van der Waals surface area contributed by atoms with Crippen molar-refractivity contribution in [1.29, 1.82) is 0 Å². The van der Waals surface area contributed by atoms with Crippen molar-refractivity contribution in [3.05, 3.63) is 28.8 Å². The van der Waals surface area contributed by atoms with E-state index in [4.69, 9.17) is 16.3 Å². The van der Waals surface area contributed by atoms with E-state index in [-0.39, 0.29) is 11.7 Å². The molecule has 0 saturated heterocycles. The minimum atomic E-state index is -0.399. The van der Waals surface area contributed by atoms with Crippen molar-refractivity contribution in [2.45, 2.75) is 27.2 Å². The van der Waals surface area contributed by atoms with E-state index in [1.54, 1.807) is 25.1 Å². The molecule has 1 aromatic rings. The quantitative estimate of drug-likeness (QED) is 0.613. The molecular weight excluding hydrogens is 240 g/mol. The maximum Gasteiger partial charge on any atom is 0.308 e. The minimum absolute atomic E-state index is 0.105. The van der Waals surface area contributed by atoms with Crippen LogP contribution in [0.3, 0.4) is 0 Å². The normalized spacial score (nSPS) is 12.0. The van der Waals surface area contributed by atoms with Gasteiger partial charge in [-0.25, -0.2) is 0 Å². The number of Topliss-reactive ketones (excluding diaryl/α,β-unsaturated/α-hetero) is 1. The van der Waals surface area contributed by atoms with E-state index in [0.717, 1.165) is 5.56 Å². The van der Waals surface area contributed by atoms with Gasteiger partial charge in [0, 0.05) is 17.9 Å². The highest BCUT2D eigenvalue weighted by atomic mass is 35.5. The third-order valence-corrected chi connectivity index (χ3v) is 2.74. The minimum Gasteiger partial charge on any atom is -0.426 e. The zero-order valence-corrected chi connectivity index (χ0v) is 10.9. The molecule has 0 unspecified atom stereocenters. The van der Waals surface area contributed by atoms with Gasteiger partial charge in [-0.1, -0.05) is 24.6 Å². The van der Waals surface area contributed by atoms with Crippen LogP contribution in [0.4, 0.5) is 0 Å². The standard InChI is InChI=1S/C13H15ClO3/c1-8(9(2)15)6-11-4-5-12(14)7-13(11)17-10(3)16/h4-5,7-8H,6H2,1-3H3/t8-/m0/s1. The zero-order chi connectivity index (χ0) is 13.0. The van der Waals surface area contributed by atoms with E-state index in [2.05, 4.69) is 0 Å². The number of esters is 1. The molecule has 17 heavy (non-hydrogen) atoms. The second-order valence-electron chi connectivity index (χ2n) is 4.06. The van der Waals surface area contributed by atoms with E-state index in [1.807, 2.05) is 6.92 Å². The molecule has 4 heteroatoms. The molecule has 92 valence electrons. The lowest BCUT2D eigenvalue weighted by atomic mass is 9.97. The van der Waals surface area contributed by atoms with Gasteiger partial charge in [-0.05, 0) is 31.0 Å². The van der Waals surface area contributed by atoms with Crippen LogP contribution in [-0.4, -0.2) is 11.8 Å². The second kappa shape index (κ2) is 5.82. The topological polar surface area (TPSA) is 43.4 Å². The van der Waals surface area contributed by atoms with Crippen LogP contribution in [0.1, 0.15) is 26.3 Å². The van der Waals surface area contributed by atoms with Gasteiger partial charge in [0.1, 0.15) is 11.5 Å². The summed E-state index contributed by atoms with van der Waals surface area (Å²) in [7, 11) is 0. The summed E-state index contributed by atoms with van der Waals surface area (Å²) < 4.78 is 5.07. The number of rotatable bonds is 4. The highest BCUT2D eigenvalue weighted by Crippen LogP contribution is 2.26. The maximum absolute atomic E-state index is 11.2. The monoisotopic (exact) mass is 254 g/mol. The second-order valence-corrected chi connectivity index (χ2v) is 4.50. The third-order valence-electron chi connectivity index (χ3n) is 2.50. The summed E-state index contributed by atoms with van der Waals surface area (Å²) in [5.41, 5.74) is 0.812. The number of halogens is 1. The summed E-state index contributed by atoms with van der Waals surface area (Å²) in [6, 6.07) is 5.09. The smallest absolute Gasteiger partial charge is 0.308 e. The summed E-state index contributed by atoms with van der Waals surface area (Å²) in [4.78, 5) is 22.2. The summed E-state index contributed by atoms with van der Waals surface area (Å²) in [5.74, 6) is 0.0290.